The fourth-order valence-electron chi connectivity index (χ4n) is 4.82. The average Bonchev–Trinajstić information content (AvgIpc) is 3.42. The van der Waals surface area contributed by atoms with Gasteiger partial charge in [0, 0.05) is 4.47 Å². The predicted molar refractivity (Wildman–Crippen MR) is 145 cm³/mol. The van der Waals surface area contributed by atoms with Gasteiger partial charge < -0.3 is 9.47 Å². The van der Waals surface area contributed by atoms with Crippen LogP contribution in [0.5, 0.6) is 11.5 Å². The normalized spacial score (nSPS) is 20.9. The molecule has 0 aromatic heterocycles. The molecule has 2 fully saturated rings. The first-order chi connectivity index (χ1) is 18.0. The van der Waals surface area contributed by atoms with Crippen LogP contribution in [0.3, 0.4) is 0 Å². The molecule has 192 valence electrons. The van der Waals surface area contributed by atoms with Crippen molar-refractivity contribution >= 4 is 39.1 Å². The Morgan fingerprint density at radius 3 is 2.32 bits per heavy atom. The van der Waals surface area contributed by atoms with Crippen molar-refractivity contribution in [2.24, 2.45) is 5.92 Å². The highest BCUT2D eigenvalue weighted by Gasteiger charge is 2.60. The van der Waals surface area contributed by atoms with Crippen LogP contribution in [0.15, 0.2) is 77.3 Å². The van der Waals surface area contributed by atoms with Gasteiger partial charge in [-0.05, 0) is 67.4 Å². The molecule has 5 rings (SSSR count). The number of unbranched alkanes of at least 4 members (excludes halogenated alkanes) is 1. The lowest BCUT2D eigenvalue weighted by molar-refractivity contribution is -0.126. The van der Waals surface area contributed by atoms with E-state index < -0.39 is 18.1 Å². The van der Waals surface area contributed by atoms with E-state index in [2.05, 4.69) is 22.9 Å². The van der Waals surface area contributed by atoms with Gasteiger partial charge in [-0.2, -0.15) is 0 Å². The lowest BCUT2D eigenvalue weighted by atomic mass is 9.90. The number of benzene rings is 3. The molecule has 2 amide bonds. The van der Waals surface area contributed by atoms with Crippen LogP contribution in [-0.2, 0) is 14.4 Å². The third kappa shape index (κ3) is 4.83. The van der Waals surface area contributed by atoms with E-state index in [4.69, 9.17) is 14.3 Å². The van der Waals surface area contributed by atoms with Gasteiger partial charge in [0.25, 0.3) is 5.91 Å². The summed E-state index contributed by atoms with van der Waals surface area (Å²) < 4.78 is 12.7. The number of hydrogen-bond acceptors (Lipinski definition) is 6. The number of ether oxygens (including phenoxy) is 2. The number of carbonyl (C=O) groups is 2. The number of amides is 2. The molecule has 7 nitrogen and oxygen atoms in total. The summed E-state index contributed by atoms with van der Waals surface area (Å²) in [5.41, 5.74) is 2.09. The number of carbonyl (C=O) groups excluding carboxylic acids is 2. The Bertz CT molecular complexity index is 1270. The molecule has 0 bridgehead atoms. The number of rotatable bonds is 9. The molecule has 37 heavy (non-hydrogen) atoms. The monoisotopic (exact) mass is 564 g/mol. The van der Waals surface area contributed by atoms with Crippen molar-refractivity contribution in [3.63, 3.8) is 0 Å². The van der Waals surface area contributed by atoms with E-state index in [1.807, 2.05) is 67.6 Å². The second kappa shape index (κ2) is 10.9. The molecule has 2 heterocycles. The van der Waals surface area contributed by atoms with Crippen molar-refractivity contribution in [3.05, 3.63) is 82.8 Å². The van der Waals surface area contributed by atoms with Gasteiger partial charge in [0.1, 0.15) is 5.92 Å². The minimum atomic E-state index is -0.933. The first-order valence-electron chi connectivity index (χ1n) is 12.6. The molecule has 8 heteroatoms. The Morgan fingerprint density at radius 2 is 1.62 bits per heavy atom. The van der Waals surface area contributed by atoms with Crippen LogP contribution < -0.4 is 19.4 Å². The van der Waals surface area contributed by atoms with Gasteiger partial charge in [-0.15, -0.1) is 0 Å². The van der Waals surface area contributed by atoms with Crippen LogP contribution in [0.4, 0.5) is 11.4 Å². The van der Waals surface area contributed by atoms with Crippen LogP contribution in [-0.4, -0.2) is 31.1 Å². The zero-order valence-electron chi connectivity index (χ0n) is 20.8. The standard InChI is InChI=1S/C29H29BrN2O5/c1-3-5-17-36-23-16-11-19(18-24(23)35-4-2)26-25-27(37-32(26)22-9-7-6-8-10-22)29(34)31(28(25)33)21-14-12-20(30)13-15-21/h6-16,18,25-27H,3-5,17H2,1-2H3/t25-,26-,27-/m1/s1. The van der Waals surface area contributed by atoms with Crippen molar-refractivity contribution in [1.29, 1.82) is 0 Å². The molecule has 0 saturated carbocycles. The Balaban J connectivity index is 1.55. The molecular weight excluding hydrogens is 536 g/mol. The van der Waals surface area contributed by atoms with Crippen LogP contribution in [0.1, 0.15) is 38.3 Å². The molecule has 0 radical (unpaired) electrons. The summed E-state index contributed by atoms with van der Waals surface area (Å²) in [6.07, 6.45) is 1.04. The Kier molecular flexibility index (Phi) is 7.48. The maximum absolute atomic E-state index is 13.8. The maximum Gasteiger partial charge on any atom is 0.266 e. The number of hydrogen-bond donors (Lipinski definition) is 0. The van der Waals surface area contributed by atoms with Crippen LogP contribution in [0.25, 0.3) is 0 Å². The molecule has 0 spiro atoms. The average molecular weight is 565 g/mol. The number of nitrogens with zero attached hydrogens (tertiary/aromatic N) is 2. The number of imide groups is 1. The van der Waals surface area contributed by atoms with Crippen molar-refractivity contribution in [2.75, 3.05) is 23.2 Å². The predicted octanol–water partition coefficient (Wildman–Crippen LogP) is 6.08. The number of hydroxylamine groups is 1. The Labute approximate surface area is 225 Å². The van der Waals surface area contributed by atoms with E-state index in [9.17, 15) is 9.59 Å². The molecule has 3 aromatic rings. The summed E-state index contributed by atoms with van der Waals surface area (Å²) in [6.45, 7) is 5.10. The topological polar surface area (TPSA) is 68.3 Å². The molecule has 2 saturated heterocycles. The highest BCUT2D eigenvalue weighted by Crippen LogP contribution is 2.48. The number of para-hydroxylation sites is 1. The first-order valence-corrected chi connectivity index (χ1v) is 13.4. The van der Waals surface area contributed by atoms with Crippen LogP contribution in [0.2, 0.25) is 0 Å². The van der Waals surface area contributed by atoms with Gasteiger partial charge in [0.15, 0.2) is 17.6 Å². The number of fused-ring (bicyclic) bond motifs is 1. The number of anilines is 2. The van der Waals surface area contributed by atoms with E-state index >= 15 is 0 Å². The van der Waals surface area contributed by atoms with Crippen molar-refractivity contribution < 1.29 is 23.9 Å². The lowest BCUT2D eigenvalue weighted by Gasteiger charge is -2.29. The van der Waals surface area contributed by atoms with Gasteiger partial charge in [-0.1, -0.05) is 53.5 Å². The molecule has 3 aromatic carbocycles. The van der Waals surface area contributed by atoms with E-state index in [-0.39, 0.29) is 11.8 Å². The molecule has 3 atom stereocenters. The van der Waals surface area contributed by atoms with Gasteiger partial charge in [0.2, 0.25) is 5.91 Å². The van der Waals surface area contributed by atoms with E-state index in [1.54, 1.807) is 17.2 Å². The van der Waals surface area contributed by atoms with Gasteiger partial charge in [-0.3, -0.25) is 14.4 Å². The number of halogens is 1. The SMILES string of the molecule is CCCCOc1ccc([C@@H]2[C@H]3C(=O)N(c4ccc(Br)cc4)C(=O)[C@@H]3ON2c2ccccc2)cc1OCC. The second-order valence-electron chi connectivity index (χ2n) is 8.99. The van der Waals surface area contributed by atoms with Gasteiger partial charge >= 0.3 is 0 Å². The summed E-state index contributed by atoms with van der Waals surface area (Å²) >= 11 is 3.41. The summed E-state index contributed by atoms with van der Waals surface area (Å²) in [7, 11) is 0. The van der Waals surface area contributed by atoms with Crippen molar-refractivity contribution in [3.8, 4) is 11.5 Å². The lowest BCUT2D eigenvalue weighted by Crippen LogP contribution is -2.37. The zero-order chi connectivity index (χ0) is 25.9. The summed E-state index contributed by atoms with van der Waals surface area (Å²) in [5, 5.41) is 1.69. The third-order valence-corrected chi connectivity index (χ3v) is 7.10. The molecule has 0 aliphatic carbocycles. The largest absolute Gasteiger partial charge is 0.490 e. The fourth-order valence-corrected chi connectivity index (χ4v) is 5.08. The maximum atomic E-state index is 13.8. The van der Waals surface area contributed by atoms with Gasteiger partial charge in [-0.25, -0.2) is 9.96 Å². The smallest absolute Gasteiger partial charge is 0.266 e. The highest BCUT2D eigenvalue weighted by molar-refractivity contribution is 9.10. The van der Waals surface area contributed by atoms with Crippen LogP contribution >= 0.6 is 15.9 Å². The van der Waals surface area contributed by atoms with Crippen molar-refractivity contribution in [1.82, 2.24) is 0 Å². The molecule has 2 aliphatic heterocycles. The van der Waals surface area contributed by atoms with E-state index in [1.165, 1.54) is 4.90 Å². The molecular formula is C29H29BrN2O5. The fraction of sp³-hybridized carbons (Fsp3) is 0.310. The zero-order valence-corrected chi connectivity index (χ0v) is 22.4. The second-order valence-corrected chi connectivity index (χ2v) is 9.90. The van der Waals surface area contributed by atoms with E-state index in [0.717, 1.165) is 28.6 Å². The minimum absolute atomic E-state index is 0.290. The Morgan fingerprint density at radius 1 is 0.865 bits per heavy atom. The third-order valence-electron chi connectivity index (χ3n) is 6.58. The van der Waals surface area contributed by atoms with Gasteiger partial charge in [0.05, 0.1) is 30.6 Å². The van der Waals surface area contributed by atoms with E-state index in [0.29, 0.717) is 30.4 Å². The quantitative estimate of drug-likeness (QED) is 0.232. The first kappa shape index (κ1) is 25.3. The summed E-state index contributed by atoms with van der Waals surface area (Å²) in [5.74, 6) is -0.120. The summed E-state index contributed by atoms with van der Waals surface area (Å²) in [4.78, 5) is 34.8. The van der Waals surface area contributed by atoms with Crippen LogP contribution in [0, 0.1) is 5.92 Å². The molecule has 2 aliphatic rings. The highest BCUT2D eigenvalue weighted by atomic mass is 79.9. The summed E-state index contributed by atoms with van der Waals surface area (Å²) in [6, 6.07) is 21.8. The molecule has 0 N–H and O–H groups in total. The molecule has 0 unspecified atom stereocenters. The van der Waals surface area contributed by atoms with Crippen molar-refractivity contribution in [2.45, 2.75) is 38.8 Å². The Hall–Kier alpha value is -3.36. The minimum Gasteiger partial charge on any atom is -0.490 e.